The van der Waals surface area contributed by atoms with Crippen LogP contribution in [0.2, 0.25) is 0 Å². The number of hydrogen-bond donors (Lipinski definition) is 1. The van der Waals surface area contributed by atoms with Crippen LogP contribution in [-0.2, 0) is 16.0 Å². The van der Waals surface area contributed by atoms with Crippen molar-refractivity contribution in [3.63, 3.8) is 0 Å². The van der Waals surface area contributed by atoms with Crippen LogP contribution in [0.15, 0.2) is 54.6 Å². The van der Waals surface area contributed by atoms with Gasteiger partial charge in [0.15, 0.2) is 0 Å². The maximum Gasteiger partial charge on any atom is 0.318 e. The molecule has 2 aromatic carbocycles. The summed E-state index contributed by atoms with van der Waals surface area (Å²) in [6.07, 6.45) is 3.44. The van der Waals surface area contributed by atoms with Gasteiger partial charge in [0.2, 0.25) is 5.91 Å². The molecule has 0 aromatic heterocycles. The summed E-state index contributed by atoms with van der Waals surface area (Å²) in [6.45, 7) is 1.86. The molecule has 3 amide bonds. The van der Waals surface area contributed by atoms with Crippen LogP contribution in [0.25, 0.3) is 0 Å². The van der Waals surface area contributed by atoms with Gasteiger partial charge in [-0.15, -0.1) is 0 Å². The second-order valence-electron chi connectivity index (χ2n) is 9.11. The molecule has 6 nitrogen and oxygen atoms in total. The van der Waals surface area contributed by atoms with E-state index >= 15 is 0 Å². The van der Waals surface area contributed by atoms with Crippen LogP contribution in [-0.4, -0.2) is 54.6 Å². The van der Waals surface area contributed by atoms with Gasteiger partial charge in [0.05, 0.1) is 24.6 Å². The van der Waals surface area contributed by atoms with Crippen molar-refractivity contribution < 1.29 is 14.3 Å². The van der Waals surface area contributed by atoms with E-state index < -0.39 is 0 Å². The van der Waals surface area contributed by atoms with Gasteiger partial charge >= 0.3 is 6.03 Å². The minimum absolute atomic E-state index is 0.0611. The van der Waals surface area contributed by atoms with Crippen LogP contribution in [0, 0.1) is 5.92 Å². The SMILES string of the molecule is COC[C@H](NC(=O)N1CCC[C@@H]2C(=O)N3CCc4ccccc4[C@H]3C[C@@H]21)c1ccccc1. The minimum Gasteiger partial charge on any atom is -0.382 e. The van der Waals surface area contributed by atoms with Gasteiger partial charge in [0.1, 0.15) is 0 Å². The monoisotopic (exact) mass is 433 g/mol. The Kier molecular flexibility index (Phi) is 5.87. The Morgan fingerprint density at radius 1 is 1.12 bits per heavy atom. The Morgan fingerprint density at radius 2 is 1.91 bits per heavy atom. The van der Waals surface area contributed by atoms with Crippen molar-refractivity contribution in [1.82, 2.24) is 15.1 Å². The van der Waals surface area contributed by atoms with E-state index in [1.807, 2.05) is 35.2 Å². The van der Waals surface area contributed by atoms with Crippen molar-refractivity contribution in [2.24, 2.45) is 5.92 Å². The van der Waals surface area contributed by atoms with E-state index in [0.29, 0.717) is 13.2 Å². The maximum atomic E-state index is 13.5. The minimum atomic E-state index is -0.222. The number of nitrogens with one attached hydrogen (secondary N) is 1. The number of rotatable bonds is 4. The van der Waals surface area contributed by atoms with Gasteiger partial charge < -0.3 is 19.9 Å². The summed E-state index contributed by atoms with van der Waals surface area (Å²) in [5.41, 5.74) is 3.59. The predicted octanol–water partition coefficient (Wildman–Crippen LogP) is 3.69. The molecule has 5 rings (SSSR count). The number of likely N-dealkylation sites (tertiary alicyclic amines) is 1. The lowest BCUT2D eigenvalue weighted by Crippen LogP contribution is -2.61. The molecule has 3 aliphatic rings. The molecule has 2 saturated heterocycles. The lowest BCUT2D eigenvalue weighted by atomic mass is 9.76. The fourth-order valence-electron chi connectivity index (χ4n) is 5.81. The third-order valence-electron chi connectivity index (χ3n) is 7.35. The van der Waals surface area contributed by atoms with Gasteiger partial charge in [-0.2, -0.15) is 0 Å². The van der Waals surface area contributed by atoms with Gasteiger partial charge in [-0.3, -0.25) is 4.79 Å². The summed E-state index contributed by atoms with van der Waals surface area (Å²) in [7, 11) is 1.65. The Balaban J connectivity index is 1.38. The normalized spacial score (nSPS) is 25.4. The van der Waals surface area contributed by atoms with E-state index in [9.17, 15) is 9.59 Å². The number of methoxy groups -OCH3 is 1. The molecule has 0 unspecified atom stereocenters. The predicted molar refractivity (Wildman–Crippen MR) is 122 cm³/mol. The van der Waals surface area contributed by atoms with Crippen LogP contribution in [0.4, 0.5) is 4.79 Å². The second kappa shape index (κ2) is 8.94. The first-order valence-corrected chi connectivity index (χ1v) is 11.7. The van der Waals surface area contributed by atoms with Crippen LogP contribution >= 0.6 is 0 Å². The van der Waals surface area contributed by atoms with Gasteiger partial charge in [-0.1, -0.05) is 54.6 Å². The summed E-state index contributed by atoms with van der Waals surface area (Å²) in [6, 6.07) is 18.0. The van der Waals surface area contributed by atoms with E-state index in [0.717, 1.165) is 37.8 Å². The number of piperidine rings is 2. The van der Waals surface area contributed by atoms with E-state index in [4.69, 9.17) is 4.74 Å². The van der Waals surface area contributed by atoms with Gasteiger partial charge in [-0.25, -0.2) is 4.79 Å². The first-order chi connectivity index (χ1) is 15.7. The molecule has 168 valence electrons. The average molecular weight is 434 g/mol. The highest BCUT2D eigenvalue weighted by Crippen LogP contribution is 2.43. The summed E-state index contributed by atoms with van der Waals surface area (Å²) in [4.78, 5) is 30.9. The number of hydrogen-bond acceptors (Lipinski definition) is 3. The Bertz CT molecular complexity index is 979. The molecule has 3 heterocycles. The maximum absolute atomic E-state index is 13.5. The molecule has 0 spiro atoms. The standard InChI is InChI=1S/C26H31N3O3/c1-32-17-22(19-9-3-2-4-10-19)27-26(31)29-14-7-12-21-24(29)16-23-20-11-6-5-8-18(20)13-15-28(23)25(21)30/h2-6,8-11,21-24H,7,12-17H2,1H3,(H,27,31)/t21-,22-,23+,24-/m0/s1. The van der Waals surface area contributed by atoms with Crippen LogP contribution in [0.3, 0.4) is 0 Å². The number of fused-ring (bicyclic) bond motifs is 4. The zero-order valence-electron chi connectivity index (χ0n) is 18.6. The summed E-state index contributed by atoms with van der Waals surface area (Å²) >= 11 is 0. The highest BCUT2D eigenvalue weighted by molar-refractivity contribution is 5.83. The van der Waals surface area contributed by atoms with Gasteiger partial charge in [0.25, 0.3) is 0 Å². The highest BCUT2D eigenvalue weighted by Gasteiger charge is 2.48. The molecule has 0 aliphatic carbocycles. The van der Waals surface area contributed by atoms with Gasteiger partial charge in [-0.05, 0) is 42.4 Å². The molecule has 4 atom stereocenters. The van der Waals surface area contributed by atoms with Gasteiger partial charge in [0, 0.05) is 26.2 Å². The Labute approximate surface area is 189 Å². The molecule has 0 bridgehead atoms. The largest absolute Gasteiger partial charge is 0.382 e. The number of ether oxygens (including phenoxy) is 1. The zero-order valence-corrected chi connectivity index (χ0v) is 18.6. The van der Waals surface area contributed by atoms with Crippen LogP contribution in [0.1, 0.15) is 48.0 Å². The van der Waals surface area contributed by atoms with Crippen molar-refractivity contribution in [2.45, 2.75) is 43.8 Å². The highest BCUT2D eigenvalue weighted by atomic mass is 16.5. The van der Waals surface area contributed by atoms with Crippen molar-refractivity contribution in [3.8, 4) is 0 Å². The zero-order chi connectivity index (χ0) is 22.1. The smallest absolute Gasteiger partial charge is 0.318 e. The lowest BCUT2D eigenvalue weighted by Gasteiger charge is -2.51. The molecule has 0 saturated carbocycles. The molecule has 2 fully saturated rings. The van der Waals surface area contributed by atoms with E-state index in [2.05, 4.69) is 34.5 Å². The van der Waals surface area contributed by atoms with Crippen molar-refractivity contribution >= 4 is 11.9 Å². The molecule has 2 aromatic rings. The molecule has 6 heteroatoms. The Hall–Kier alpha value is -2.86. The Morgan fingerprint density at radius 3 is 2.72 bits per heavy atom. The molecule has 32 heavy (non-hydrogen) atoms. The molecular weight excluding hydrogens is 402 g/mol. The number of benzene rings is 2. The summed E-state index contributed by atoms with van der Waals surface area (Å²) in [5.74, 6) is 0.114. The number of nitrogens with zero attached hydrogens (tertiary/aromatic N) is 2. The molecule has 1 N–H and O–H groups in total. The fraction of sp³-hybridized carbons (Fsp3) is 0.462. The third-order valence-corrected chi connectivity index (χ3v) is 7.35. The van der Waals surface area contributed by atoms with E-state index in [1.54, 1.807) is 7.11 Å². The van der Waals surface area contributed by atoms with Crippen molar-refractivity contribution in [3.05, 3.63) is 71.3 Å². The van der Waals surface area contributed by atoms with Crippen LogP contribution in [0.5, 0.6) is 0 Å². The second-order valence-corrected chi connectivity index (χ2v) is 9.11. The topological polar surface area (TPSA) is 61.9 Å². The van der Waals surface area contributed by atoms with E-state index in [-0.39, 0.29) is 36.0 Å². The van der Waals surface area contributed by atoms with E-state index in [1.165, 1.54) is 11.1 Å². The third kappa shape index (κ3) is 3.77. The average Bonchev–Trinajstić information content (AvgIpc) is 2.84. The summed E-state index contributed by atoms with van der Waals surface area (Å²) < 4.78 is 5.39. The number of carbonyl (C=O) groups excluding carboxylic acids is 2. The number of amides is 3. The number of urea groups is 1. The molecule has 0 radical (unpaired) electrons. The molecule has 3 aliphatic heterocycles. The van der Waals surface area contributed by atoms with Crippen molar-refractivity contribution in [1.29, 1.82) is 0 Å². The first kappa shape index (κ1) is 21.0. The summed E-state index contributed by atoms with van der Waals surface area (Å²) in [5, 5.41) is 3.18. The fourth-order valence-corrected chi connectivity index (χ4v) is 5.81. The van der Waals surface area contributed by atoms with Crippen molar-refractivity contribution in [2.75, 3.05) is 26.8 Å². The first-order valence-electron chi connectivity index (χ1n) is 11.7. The quantitative estimate of drug-likeness (QED) is 0.800. The van der Waals surface area contributed by atoms with Crippen LogP contribution < -0.4 is 5.32 Å². The number of carbonyl (C=O) groups is 2. The lowest BCUT2D eigenvalue weighted by molar-refractivity contribution is -0.148. The molecular formula is C26H31N3O3.